The van der Waals surface area contributed by atoms with Gasteiger partial charge in [-0.1, -0.05) is 24.3 Å². The van der Waals surface area contributed by atoms with Gasteiger partial charge in [0.05, 0.1) is 13.2 Å². The summed E-state index contributed by atoms with van der Waals surface area (Å²) in [5, 5.41) is 3.80. The zero-order valence-electron chi connectivity index (χ0n) is 15.9. The van der Waals surface area contributed by atoms with Crippen LogP contribution in [0.2, 0.25) is 0 Å². The first-order chi connectivity index (χ1) is 12.7. The number of hydrogen-bond donors (Lipinski definition) is 1. The van der Waals surface area contributed by atoms with E-state index in [1.807, 2.05) is 6.07 Å². The van der Waals surface area contributed by atoms with Crippen molar-refractivity contribution in [3.05, 3.63) is 65.7 Å². The zero-order chi connectivity index (χ0) is 18.1. The largest absolute Gasteiger partial charge is 0.497 e. The van der Waals surface area contributed by atoms with E-state index >= 15 is 0 Å². The molecule has 3 unspecified atom stereocenters. The van der Waals surface area contributed by atoms with Crippen LogP contribution in [0.5, 0.6) is 5.75 Å². The molecule has 0 amide bonds. The molecule has 0 radical (unpaired) electrons. The van der Waals surface area contributed by atoms with E-state index in [9.17, 15) is 0 Å². The number of nitrogens with one attached hydrogen (secondary N) is 1. The number of nitrogens with zero attached hydrogens (tertiary/aromatic N) is 1. The highest BCUT2D eigenvalue weighted by Crippen LogP contribution is 2.50. The van der Waals surface area contributed by atoms with Crippen LogP contribution in [0.1, 0.15) is 43.4 Å². The Bertz CT molecular complexity index is 792. The molecule has 3 heteroatoms. The summed E-state index contributed by atoms with van der Waals surface area (Å²) in [5.41, 5.74) is 5.28. The fraction of sp³-hybridized carbons (Fsp3) is 0.391. The molecule has 4 rings (SSSR count). The molecule has 26 heavy (non-hydrogen) atoms. The van der Waals surface area contributed by atoms with Crippen LogP contribution in [0.25, 0.3) is 0 Å². The van der Waals surface area contributed by atoms with Gasteiger partial charge in [-0.2, -0.15) is 0 Å². The van der Waals surface area contributed by atoms with Crippen molar-refractivity contribution in [1.29, 1.82) is 0 Å². The van der Waals surface area contributed by atoms with Gasteiger partial charge in [0.15, 0.2) is 0 Å². The summed E-state index contributed by atoms with van der Waals surface area (Å²) >= 11 is 0. The van der Waals surface area contributed by atoms with Crippen molar-refractivity contribution in [3.8, 4) is 5.75 Å². The molecule has 3 atom stereocenters. The summed E-state index contributed by atoms with van der Waals surface area (Å²) in [4.78, 5) is 2.39. The Kier molecular flexibility index (Phi) is 4.62. The van der Waals surface area contributed by atoms with Crippen molar-refractivity contribution >= 4 is 11.4 Å². The van der Waals surface area contributed by atoms with Crippen LogP contribution in [-0.2, 0) is 0 Å². The number of methoxy groups -OCH3 is 1. The van der Waals surface area contributed by atoms with Gasteiger partial charge in [-0.3, -0.25) is 0 Å². The van der Waals surface area contributed by atoms with E-state index in [1.165, 1.54) is 22.5 Å². The lowest BCUT2D eigenvalue weighted by atomic mass is 9.77. The second-order valence-electron chi connectivity index (χ2n) is 7.19. The molecule has 0 aromatic heterocycles. The Balaban J connectivity index is 1.65. The van der Waals surface area contributed by atoms with Gasteiger partial charge in [0.2, 0.25) is 0 Å². The van der Waals surface area contributed by atoms with Gasteiger partial charge in [0.25, 0.3) is 0 Å². The second kappa shape index (κ2) is 7.06. The van der Waals surface area contributed by atoms with E-state index in [2.05, 4.69) is 72.6 Å². The summed E-state index contributed by atoms with van der Waals surface area (Å²) < 4.78 is 5.44. The van der Waals surface area contributed by atoms with Crippen LogP contribution < -0.4 is 15.0 Å². The standard InChI is InChI=1S/C23H28N2O/c1-4-25(5-2)17-11-9-16(10-12-17)23-20-8-6-7-19(20)21-15-18(26-3)13-14-22(21)24-23/h6-7,9-15,19-20,23-24H,4-5,8H2,1-3H3. The van der Waals surface area contributed by atoms with Gasteiger partial charge in [-0.25, -0.2) is 0 Å². The van der Waals surface area contributed by atoms with E-state index in [-0.39, 0.29) is 0 Å². The average molecular weight is 348 g/mol. The van der Waals surface area contributed by atoms with Crippen LogP contribution in [0.15, 0.2) is 54.6 Å². The lowest BCUT2D eigenvalue weighted by Crippen LogP contribution is -2.29. The molecular weight excluding hydrogens is 320 g/mol. The summed E-state index contributed by atoms with van der Waals surface area (Å²) in [6.45, 7) is 6.50. The third kappa shape index (κ3) is 2.86. The fourth-order valence-electron chi connectivity index (χ4n) is 4.51. The van der Waals surface area contributed by atoms with E-state index < -0.39 is 0 Å². The molecule has 0 spiro atoms. The van der Waals surface area contributed by atoms with E-state index in [4.69, 9.17) is 4.74 Å². The highest BCUT2D eigenvalue weighted by Gasteiger charge is 2.38. The van der Waals surface area contributed by atoms with E-state index in [1.54, 1.807) is 7.11 Å². The summed E-state index contributed by atoms with van der Waals surface area (Å²) in [7, 11) is 1.74. The van der Waals surface area contributed by atoms with Crippen LogP contribution in [0.4, 0.5) is 11.4 Å². The predicted molar refractivity (Wildman–Crippen MR) is 109 cm³/mol. The summed E-state index contributed by atoms with van der Waals surface area (Å²) in [6, 6.07) is 15.9. The van der Waals surface area contributed by atoms with Crippen molar-refractivity contribution in [3.63, 3.8) is 0 Å². The second-order valence-corrected chi connectivity index (χ2v) is 7.19. The van der Waals surface area contributed by atoms with Crippen molar-refractivity contribution in [1.82, 2.24) is 0 Å². The smallest absolute Gasteiger partial charge is 0.119 e. The van der Waals surface area contributed by atoms with Crippen LogP contribution in [-0.4, -0.2) is 20.2 Å². The molecule has 1 aliphatic carbocycles. The predicted octanol–water partition coefficient (Wildman–Crippen LogP) is 5.37. The molecule has 1 aliphatic heterocycles. The minimum atomic E-state index is 0.349. The number of anilines is 2. The molecule has 0 saturated carbocycles. The molecular formula is C23H28N2O. The monoisotopic (exact) mass is 348 g/mol. The van der Waals surface area contributed by atoms with Crippen LogP contribution >= 0.6 is 0 Å². The Morgan fingerprint density at radius 1 is 1.08 bits per heavy atom. The zero-order valence-corrected chi connectivity index (χ0v) is 15.9. The molecule has 0 bridgehead atoms. The fourth-order valence-corrected chi connectivity index (χ4v) is 4.51. The van der Waals surface area contributed by atoms with Gasteiger partial charge < -0.3 is 15.0 Å². The lowest BCUT2D eigenvalue weighted by Gasteiger charge is -2.37. The topological polar surface area (TPSA) is 24.5 Å². The van der Waals surface area contributed by atoms with Crippen molar-refractivity contribution in [2.24, 2.45) is 5.92 Å². The third-order valence-electron chi connectivity index (χ3n) is 5.95. The number of hydrogen-bond acceptors (Lipinski definition) is 3. The summed E-state index contributed by atoms with van der Waals surface area (Å²) in [6.07, 6.45) is 5.83. The molecule has 1 N–H and O–H groups in total. The first kappa shape index (κ1) is 17.0. The van der Waals surface area contributed by atoms with E-state index in [0.717, 1.165) is 25.3 Å². The number of fused-ring (bicyclic) bond motifs is 3. The first-order valence-electron chi connectivity index (χ1n) is 9.71. The average Bonchev–Trinajstić information content (AvgIpc) is 3.19. The number of rotatable bonds is 5. The molecule has 2 aromatic carbocycles. The number of allylic oxidation sites excluding steroid dienone is 2. The highest BCUT2D eigenvalue weighted by atomic mass is 16.5. The molecule has 136 valence electrons. The maximum atomic E-state index is 5.44. The van der Waals surface area contributed by atoms with Gasteiger partial charge in [0.1, 0.15) is 5.75 Å². The van der Waals surface area contributed by atoms with Crippen LogP contribution in [0.3, 0.4) is 0 Å². The lowest BCUT2D eigenvalue weighted by molar-refractivity contribution is 0.405. The molecule has 0 fully saturated rings. The van der Waals surface area contributed by atoms with E-state index in [0.29, 0.717) is 17.9 Å². The Morgan fingerprint density at radius 2 is 1.85 bits per heavy atom. The minimum Gasteiger partial charge on any atom is -0.497 e. The van der Waals surface area contributed by atoms with Crippen molar-refractivity contribution < 1.29 is 4.74 Å². The molecule has 2 aliphatic rings. The number of ether oxygens (including phenoxy) is 1. The molecule has 1 heterocycles. The third-order valence-corrected chi connectivity index (χ3v) is 5.95. The Labute approximate surface area is 156 Å². The maximum absolute atomic E-state index is 5.44. The minimum absolute atomic E-state index is 0.349. The normalized spacial score (nSPS) is 23.1. The van der Waals surface area contributed by atoms with Crippen molar-refractivity contribution in [2.45, 2.75) is 32.2 Å². The molecule has 0 saturated heterocycles. The maximum Gasteiger partial charge on any atom is 0.119 e. The Morgan fingerprint density at radius 3 is 2.54 bits per heavy atom. The van der Waals surface area contributed by atoms with Crippen LogP contribution in [0, 0.1) is 5.92 Å². The van der Waals surface area contributed by atoms with Gasteiger partial charge in [0, 0.05) is 30.4 Å². The van der Waals surface area contributed by atoms with Gasteiger partial charge in [-0.05, 0) is 67.6 Å². The molecule has 3 nitrogen and oxygen atoms in total. The SMILES string of the molecule is CCN(CC)c1ccc(C2Nc3ccc(OC)cc3C3C=CCC32)cc1. The highest BCUT2D eigenvalue weighted by molar-refractivity contribution is 5.62. The quantitative estimate of drug-likeness (QED) is 0.735. The Hall–Kier alpha value is -2.42. The molecule has 2 aromatic rings. The number of benzene rings is 2. The van der Waals surface area contributed by atoms with Crippen molar-refractivity contribution in [2.75, 3.05) is 30.4 Å². The van der Waals surface area contributed by atoms with Gasteiger partial charge >= 0.3 is 0 Å². The summed E-state index contributed by atoms with van der Waals surface area (Å²) in [5.74, 6) is 1.97. The first-order valence-corrected chi connectivity index (χ1v) is 9.71. The van der Waals surface area contributed by atoms with Gasteiger partial charge in [-0.15, -0.1) is 0 Å².